The molecule has 1 rings (SSSR count). The lowest BCUT2D eigenvalue weighted by atomic mass is 10.0. The van der Waals surface area contributed by atoms with Crippen LogP contribution in [0.4, 0.5) is 0 Å². The Labute approximate surface area is 72.3 Å². The van der Waals surface area contributed by atoms with E-state index in [-0.39, 0.29) is 5.76 Å². The third-order valence-electron chi connectivity index (χ3n) is 1.73. The molecule has 7 nitrogen and oxygen atoms in total. The van der Waals surface area contributed by atoms with Gasteiger partial charge in [-0.3, -0.25) is 20.2 Å². The van der Waals surface area contributed by atoms with Gasteiger partial charge in [-0.25, -0.2) is 0 Å². The Morgan fingerprint density at radius 3 is 2.23 bits per heavy atom. The molecule has 0 spiro atoms. The van der Waals surface area contributed by atoms with Crippen LogP contribution in [0.15, 0.2) is 24.0 Å². The standard InChI is InChI=1S/C6H6N2O5/c9-5-2-1-3-6(4-5,7(10)11)8(12)13/h1-3,9H,4H2. The molecule has 1 aliphatic rings. The van der Waals surface area contributed by atoms with Crippen LogP contribution >= 0.6 is 0 Å². The lowest BCUT2D eigenvalue weighted by Crippen LogP contribution is -2.45. The van der Waals surface area contributed by atoms with Crippen molar-refractivity contribution in [2.24, 2.45) is 0 Å². The minimum absolute atomic E-state index is 0.365. The second-order valence-electron chi connectivity index (χ2n) is 2.59. The van der Waals surface area contributed by atoms with Crippen LogP contribution in [-0.4, -0.2) is 20.6 Å². The summed E-state index contributed by atoms with van der Waals surface area (Å²) in [6.45, 7) is 0. The summed E-state index contributed by atoms with van der Waals surface area (Å²) in [7, 11) is 0. The lowest BCUT2D eigenvalue weighted by Gasteiger charge is -2.14. The Kier molecular flexibility index (Phi) is 2.01. The van der Waals surface area contributed by atoms with Gasteiger partial charge in [-0.2, -0.15) is 0 Å². The fourth-order valence-electron chi connectivity index (χ4n) is 1.02. The first kappa shape index (κ1) is 9.17. The van der Waals surface area contributed by atoms with Crippen molar-refractivity contribution in [1.82, 2.24) is 0 Å². The van der Waals surface area contributed by atoms with Crippen LogP contribution in [0, 0.1) is 20.2 Å². The summed E-state index contributed by atoms with van der Waals surface area (Å²) in [5.74, 6) is -0.365. The number of nitro groups is 2. The predicted octanol–water partition coefficient (Wildman–Crippen LogP) is 0.638. The van der Waals surface area contributed by atoms with Gasteiger partial charge in [0.05, 0.1) is 6.08 Å². The van der Waals surface area contributed by atoms with E-state index in [9.17, 15) is 20.2 Å². The molecule has 70 valence electrons. The van der Waals surface area contributed by atoms with Gasteiger partial charge in [-0.1, -0.05) is 0 Å². The third kappa shape index (κ3) is 1.35. The average molecular weight is 186 g/mol. The molecule has 1 aliphatic carbocycles. The van der Waals surface area contributed by atoms with Crippen LogP contribution in [0.1, 0.15) is 6.42 Å². The molecule has 0 heterocycles. The van der Waals surface area contributed by atoms with Crippen molar-refractivity contribution in [2.45, 2.75) is 12.1 Å². The number of rotatable bonds is 2. The van der Waals surface area contributed by atoms with Crippen molar-refractivity contribution in [3.05, 3.63) is 44.2 Å². The molecule has 0 bridgehead atoms. The Bertz CT molecular complexity index is 305. The van der Waals surface area contributed by atoms with Gasteiger partial charge in [0.2, 0.25) is 0 Å². The first-order valence-corrected chi connectivity index (χ1v) is 3.35. The Balaban J connectivity index is 3.09. The lowest BCUT2D eigenvalue weighted by molar-refractivity contribution is -0.781. The minimum Gasteiger partial charge on any atom is -0.512 e. The molecule has 1 N–H and O–H groups in total. The molecule has 0 atom stereocenters. The van der Waals surface area contributed by atoms with E-state index >= 15 is 0 Å². The second-order valence-corrected chi connectivity index (χ2v) is 2.59. The molecule has 0 saturated carbocycles. The summed E-state index contributed by atoms with van der Waals surface area (Å²) < 4.78 is 0. The van der Waals surface area contributed by atoms with Gasteiger partial charge in [-0.15, -0.1) is 0 Å². The quantitative estimate of drug-likeness (QED) is 0.386. The van der Waals surface area contributed by atoms with Gasteiger partial charge in [-0.05, 0) is 12.2 Å². The summed E-state index contributed by atoms with van der Waals surface area (Å²) in [4.78, 5) is 18.8. The van der Waals surface area contributed by atoms with E-state index in [2.05, 4.69) is 0 Å². The number of aliphatic hydroxyl groups is 1. The molecule has 0 aliphatic heterocycles. The SMILES string of the molecule is O=[N+]([O-])C1([N+](=O)[O-])C=CC=C(O)C1. The molecular formula is C6H6N2O5. The predicted molar refractivity (Wildman–Crippen MR) is 41.2 cm³/mol. The van der Waals surface area contributed by atoms with Crippen molar-refractivity contribution in [2.75, 3.05) is 0 Å². The topological polar surface area (TPSA) is 107 Å². The molecule has 0 saturated heterocycles. The van der Waals surface area contributed by atoms with Crippen molar-refractivity contribution >= 4 is 0 Å². The van der Waals surface area contributed by atoms with E-state index < -0.39 is 21.9 Å². The highest BCUT2D eigenvalue weighted by Gasteiger charge is 2.55. The molecular weight excluding hydrogens is 180 g/mol. The van der Waals surface area contributed by atoms with E-state index in [4.69, 9.17) is 5.11 Å². The molecule has 0 aromatic rings. The maximum absolute atomic E-state index is 10.4. The largest absolute Gasteiger partial charge is 0.512 e. The number of nitrogens with zero attached hydrogens (tertiary/aromatic N) is 2. The number of hydrogen-bond acceptors (Lipinski definition) is 5. The van der Waals surface area contributed by atoms with Crippen LogP contribution in [0.3, 0.4) is 0 Å². The Morgan fingerprint density at radius 2 is 1.92 bits per heavy atom. The van der Waals surface area contributed by atoms with Gasteiger partial charge >= 0.3 is 5.66 Å². The Hall–Kier alpha value is -1.92. The smallest absolute Gasteiger partial charge is 0.484 e. The summed E-state index contributed by atoms with van der Waals surface area (Å²) in [6, 6.07) is 0. The highest BCUT2D eigenvalue weighted by Crippen LogP contribution is 2.25. The zero-order chi connectivity index (χ0) is 10.1. The molecule has 0 amide bonds. The van der Waals surface area contributed by atoms with E-state index in [0.717, 1.165) is 12.2 Å². The van der Waals surface area contributed by atoms with Gasteiger partial charge < -0.3 is 5.11 Å². The van der Waals surface area contributed by atoms with Crippen LogP contribution in [0.5, 0.6) is 0 Å². The van der Waals surface area contributed by atoms with Crippen molar-refractivity contribution < 1.29 is 15.0 Å². The molecule has 0 fully saturated rings. The van der Waals surface area contributed by atoms with Gasteiger partial charge in [0.1, 0.15) is 15.6 Å². The zero-order valence-corrected chi connectivity index (χ0v) is 6.41. The molecule has 0 aromatic heterocycles. The number of hydrogen-bond donors (Lipinski definition) is 1. The maximum atomic E-state index is 10.4. The number of allylic oxidation sites excluding steroid dienone is 2. The summed E-state index contributed by atoms with van der Waals surface area (Å²) in [5.41, 5.74) is -2.40. The average Bonchev–Trinajstić information content (AvgIpc) is 2.03. The Morgan fingerprint density at radius 1 is 1.38 bits per heavy atom. The monoisotopic (exact) mass is 186 g/mol. The van der Waals surface area contributed by atoms with Crippen LogP contribution in [-0.2, 0) is 0 Å². The van der Waals surface area contributed by atoms with E-state index in [1.807, 2.05) is 0 Å². The van der Waals surface area contributed by atoms with E-state index in [0.29, 0.717) is 0 Å². The normalized spacial score (nSPS) is 19.2. The highest BCUT2D eigenvalue weighted by atomic mass is 16.7. The summed E-state index contributed by atoms with van der Waals surface area (Å²) in [5, 5.41) is 29.8. The first-order chi connectivity index (χ1) is 5.99. The van der Waals surface area contributed by atoms with Gasteiger partial charge in [0.15, 0.2) is 6.42 Å². The fraction of sp³-hybridized carbons (Fsp3) is 0.333. The molecule has 0 unspecified atom stereocenters. The fourth-order valence-corrected chi connectivity index (χ4v) is 1.02. The zero-order valence-electron chi connectivity index (χ0n) is 6.41. The van der Waals surface area contributed by atoms with Crippen molar-refractivity contribution in [1.29, 1.82) is 0 Å². The molecule has 13 heavy (non-hydrogen) atoms. The van der Waals surface area contributed by atoms with E-state index in [1.165, 1.54) is 6.08 Å². The van der Waals surface area contributed by atoms with Crippen LogP contribution in [0.2, 0.25) is 0 Å². The molecule has 0 radical (unpaired) electrons. The van der Waals surface area contributed by atoms with E-state index in [1.54, 1.807) is 0 Å². The van der Waals surface area contributed by atoms with Gasteiger partial charge in [0.25, 0.3) is 0 Å². The molecule has 0 aromatic carbocycles. The molecule has 7 heteroatoms. The van der Waals surface area contributed by atoms with Crippen molar-refractivity contribution in [3.63, 3.8) is 0 Å². The van der Waals surface area contributed by atoms with Crippen LogP contribution in [0.25, 0.3) is 0 Å². The highest BCUT2D eigenvalue weighted by molar-refractivity contribution is 5.18. The summed E-state index contributed by atoms with van der Waals surface area (Å²) >= 11 is 0. The van der Waals surface area contributed by atoms with Crippen LogP contribution < -0.4 is 0 Å². The first-order valence-electron chi connectivity index (χ1n) is 3.35. The maximum Gasteiger partial charge on any atom is 0.484 e. The minimum atomic E-state index is -2.40. The number of aliphatic hydroxyl groups excluding tert-OH is 1. The second kappa shape index (κ2) is 2.85. The van der Waals surface area contributed by atoms with Gasteiger partial charge in [0, 0.05) is 0 Å². The summed E-state index contributed by atoms with van der Waals surface area (Å²) in [6.07, 6.45) is 2.53. The van der Waals surface area contributed by atoms with Crippen molar-refractivity contribution in [3.8, 4) is 0 Å². The third-order valence-corrected chi connectivity index (χ3v) is 1.73.